The highest BCUT2D eigenvalue weighted by Crippen LogP contribution is 2.18. The monoisotopic (exact) mass is 265 g/mol. The second-order valence-corrected chi connectivity index (χ2v) is 5.68. The summed E-state index contributed by atoms with van der Waals surface area (Å²) in [5.74, 6) is 0.509. The van der Waals surface area contributed by atoms with E-state index >= 15 is 0 Å². The lowest BCUT2D eigenvalue weighted by atomic mass is 9.96. The highest BCUT2D eigenvalue weighted by molar-refractivity contribution is 7.09. The van der Waals surface area contributed by atoms with Crippen LogP contribution in [0.4, 0.5) is 0 Å². The van der Waals surface area contributed by atoms with E-state index in [9.17, 15) is 0 Å². The summed E-state index contributed by atoms with van der Waals surface area (Å²) in [5.41, 5.74) is 7.15. The Kier molecular flexibility index (Phi) is 4.60. The molecule has 1 unspecified atom stereocenters. The molecule has 90 valence electrons. The second-order valence-electron chi connectivity index (χ2n) is 4.22. The fraction of sp³-hybridized carbons (Fsp3) is 0.286. The maximum absolute atomic E-state index is 5.87. The average Bonchev–Trinajstić information content (AvgIpc) is 2.84. The first kappa shape index (κ1) is 12.6. The van der Waals surface area contributed by atoms with Gasteiger partial charge in [-0.25, -0.2) is 0 Å². The zero-order valence-corrected chi connectivity index (χ0v) is 11.2. The fourth-order valence-corrected chi connectivity index (χ4v) is 2.85. The third-order valence-corrected chi connectivity index (χ3v) is 3.99. The first-order valence-corrected chi connectivity index (χ1v) is 7.00. The first-order valence-electron chi connectivity index (χ1n) is 5.75. The molecule has 1 heterocycles. The van der Waals surface area contributed by atoms with Crippen LogP contribution in [-0.4, -0.2) is 6.54 Å². The molecule has 2 aromatic rings. The molecule has 0 aliphatic heterocycles. The van der Waals surface area contributed by atoms with E-state index < -0.39 is 0 Å². The van der Waals surface area contributed by atoms with Crippen molar-refractivity contribution in [2.75, 3.05) is 6.54 Å². The van der Waals surface area contributed by atoms with Crippen molar-refractivity contribution < 1.29 is 0 Å². The van der Waals surface area contributed by atoms with Crippen molar-refractivity contribution >= 4 is 22.9 Å². The molecule has 2 rings (SSSR count). The zero-order chi connectivity index (χ0) is 12.1. The predicted octanol–water partition coefficient (Wildman–Crippen LogP) is 3.76. The molecule has 0 spiro atoms. The number of benzene rings is 1. The van der Waals surface area contributed by atoms with Gasteiger partial charge in [-0.05, 0) is 54.4 Å². The van der Waals surface area contributed by atoms with Crippen LogP contribution in [0.3, 0.4) is 0 Å². The van der Waals surface area contributed by atoms with E-state index in [1.807, 2.05) is 12.1 Å². The summed E-state index contributed by atoms with van der Waals surface area (Å²) in [5, 5.41) is 2.90. The minimum Gasteiger partial charge on any atom is -0.330 e. The molecule has 1 nitrogen and oxygen atoms in total. The quantitative estimate of drug-likeness (QED) is 0.875. The fourth-order valence-electron chi connectivity index (χ4n) is 1.91. The molecule has 3 heteroatoms. The standard InChI is InChI=1S/C14H16ClNS/c15-13-5-3-11(4-6-13)8-12(10-16)9-14-2-1-7-17-14/h1-7,12H,8-10,16H2. The van der Waals surface area contributed by atoms with Crippen LogP contribution in [0.25, 0.3) is 0 Å². The van der Waals surface area contributed by atoms with E-state index in [1.165, 1.54) is 10.4 Å². The zero-order valence-electron chi connectivity index (χ0n) is 9.60. The van der Waals surface area contributed by atoms with Crippen LogP contribution < -0.4 is 5.73 Å². The lowest BCUT2D eigenvalue weighted by Crippen LogP contribution is -2.18. The minimum absolute atomic E-state index is 0.509. The lowest BCUT2D eigenvalue weighted by Gasteiger charge is -2.13. The molecule has 0 bridgehead atoms. The number of rotatable bonds is 5. The van der Waals surface area contributed by atoms with Gasteiger partial charge < -0.3 is 5.73 Å². The summed E-state index contributed by atoms with van der Waals surface area (Å²) >= 11 is 7.68. The van der Waals surface area contributed by atoms with Crippen LogP contribution >= 0.6 is 22.9 Å². The first-order chi connectivity index (χ1) is 8.28. The summed E-state index contributed by atoms with van der Waals surface area (Å²) in [7, 11) is 0. The molecule has 0 radical (unpaired) electrons. The molecule has 1 atom stereocenters. The Labute approximate surface area is 111 Å². The highest BCUT2D eigenvalue weighted by Gasteiger charge is 2.09. The van der Waals surface area contributed by atoms with E-state index in [1.54, 1.807) is 11.3 Å². The molecular formula is C14H16ClNS. The Morgan fingerprint density at radius 2 is 1.88 bits per heavy atom. The summed E-state index contributed by atoms with van der Waals surface area (Å²) in [6.07, 6.45) is 2.09. The molecule has 0 amide bonds. The lowest BCUT2D eigenvalue weighted by molar-refractivity contribution is 0.537. The van der Waals surface area contributed by atoms with Gasteiger partial charge in [0.25, 0.3) is 0 Å². The molecule has 0 aliphatic rings. The topological polar surface area (TPSA) is 26.0 Å². The Balaban J connectivity index is 1.97. The predicted molar refractivity (Wildman–Crippen MR) is 75.7 cm³/mol. The van der Waals surface area contributed by atoms with Crippen LogP contribution in [0, 0.1) is 5.92 Å². The van der Waals surface area contributed by atoms with E-state index in [4.69, 9.17) is 17.3 Å². The summed E-state index contributed by atoms with van der Waals surface area (Å²) in [4.78, 5) is 1.41. The van der Waals surface area contributed by atoms with Gasteiger partial charge in [0.05, 0.1) is 0 Å². The molecule has 0 saturated heterocycles. The largest absolute Gasteiger partial charge is 0.330 e. The van der Waals surface area contributed by atoms with E-state index in [-0.39, 0.29) is 0 Å². The third-order valence-electron chi connectivity index (χ3n) is 2.84. The Bertz CT molecular complexity index is 436. The molecule has 2 N–H and O–H groups in total. The van der Waals surface area contributed by atoms with Crippen LogP contribution in [-0.2, 0) is 12.8 Å². The second kappa shape index (κ2) is 6.20. The number of halogens is 1. The SMILES string of the molecule is NCC(Cc1ccc(Cl)cc1)Cc1cccs1. The Morgan fingerprint density at radius 3 is 2.47 bits per heavy atom. The maximum atomic E-state index is 5.87. The molecular weight excluding hydrogens is 250 g/mol. The van der Waals surface area contributed by atoms with Gasteiger partial charge in [-0.2, -0.15) is 0 Å². The van der Waals surface area contributed by atoms with Crippen molar-refractivity contribution in [1.82, 2.24) is 0 Å². The van der Waals surface area contributed by atoms with Crippen LogP contribution in [0.5, 0.6) is 0 Å². The van der Waals surface area contributed by atoms with Crippen molar-refractivity contribution in [1.29, 1.82) is 0 Å². The molecule has 1 aromatic heterocycles. The summed E-state index contributed by atoms with van der Waals surface area (Å²) in [6, 6.07) is 12.3. The molecule has 0 fully saturated rings. The molecule has 1 aromatic carbocycles. The van der Waals surface area contributed by atoms with Crippen molar-refractivity contribution in [2.45, 2.75) is 12.8 Å². The number of thiophene rings is 1. The molecule has 0 aliphatic carbocycles. The smallest absolute Gasteiger partial charge is 0.0406 e. The summed E-state index contributed by atoms with van der Waals surface area (Å²) in [6.45, 7) is 0.723. The van der Waals surface area contributed by atoms with Gasteiger partial charge in [0.1, 0.15) is 0 Å². The normalized spacial score (nSPS) is 12.6. The van der Waals surface area contributed by atoms with E-state index in [0.717, 1.165) is 24.4 Å². The highest BCUT2D eigenvalue weighted by atomic mass is 35.5. The molecule has 0 saturated carbocycles. The number of nitrogens with two attached hydrogens (primary N) is 1. The van der Waals surface area contributed by atoms with E-state index in [2.05, 4.69) is 29.6 Å². The van der Waals surface area contributed by atoms with Crippen LogP contribution in [0.1, 0.15) is 10.4 Å². The average molecular weight is 266 g/mol. The van der Waals surface area contributed by atoms with Gasteiger partial charge in [-0.15, -0.1) is 11.3 Å². The van der Waals surface area contributed by atoms with E-state index in [0.29, 0.717) is 5.92 Å². The Morgan fingerprint density at radius 1 is 1.12 bits per heavy atom. The van der Waals surface area contributed by atoms with Crippen molar-refractivity contribution in [3.63, 3.8) is 0 Å². The van der Waals surface area contributed by atoms with Gasteiger partial charge >= 0.3 is 0 Å². The number of hydrogen-bond donors (Lipinski definition) is 1. The van der Waals surface area contributed by atoms with Crippen LogP contribution in [0.15, 0.2) is 41.8 Å². The van der Waals surface area contributed by atoms with Gasteiger partial charge in [0.15, 0.2) is 0 Å². The van der Waals surface area contributed by atoms with Crippen LogP contribution in [0.2, 0.25) is 5.02 Å². The van der Waals surface area contributed by atoms with Crippen molar-refractivity contribution in [2.24, 2.45) is 11.7 Å². The third kappa shape index (κ3) is 3.84. The molecule has 17 heavy (non-hydrogen) atoms. The maximum Gasteiger partial charge on any atom is 0.0406 e. The van der Waals surface area contributed by atoms with Crippen molar-refractivity contribution in [3.8, 4) is 0 Å². The number of hydrogen-bond acceptors (Lipinski definition) is 2. The van der Waals surface area contributed by atoms with Gasteiger partial charge in [-0.1, -0.05) is 29.8 Å². The summed E-state index contributed by atoms with van der Waals surface area (Å²) < 4.78 is 0. The Hall–Kier alpha value is -0.830. The van der Waals surface area contributed by atoms with Gasteiger partial charge in [-0.3, -0.25) is 0 Å². The minimum atomic E-state index is 0.509. The van der Waals surface area contributed by atoms with Gasteiger partial charge in [0.2, 0.25) is 0 Å². The van der Waals surface area contributed by atoms with Crippen molar-refractivity contribution in [3.05, 3.63) is 57.2 Å². The van der Waals surface area contributed by atoms with Gasteiger partial charge in [0, 0.05) is 9.90 Å².